The fraction of sp³-hybridized carbons (Fsp3) is 0.467. The second-order valence-corrected chi connectivity index (χ2v) is 4.95. The topological polar surface area (TPSA) is 76.1 Å². The van der Waals surface area contributed by atoms with E-state index >= 15 is 0 Å². The Morgan fingerprint density at radius 2 is 1.67 bits per heavy atom. The van der Waals surface area contributed by atoms with Crippen LogP contribution in [0.2, 0.25) is 0 Å². The summed E-state index contributed by atoms with van der Waals surface area (Å²) in [5.74, 6) is -0.830. The van der Waals surface area contributed by atoms with Crippen molar-refractivity contribution >= 4 is 11.9 Å². The van der Waals surface area contributed by atoms with Crippen LogP contribution in [0.1, 0.15) is 31.1 Å². The largest absolute Gasteiger partial charge is 0.496 e. The van der Waals surface area contributed by atoms with Gasteiger partial charge in [0.2, 0.25) is 0 Å². The molecular formula is C15H21NO5. The van der Waals surface area contributed by atoms with Crippen molar-refractivity contribution in [3.8, 4) is 11.5 Å². The Morgan fingerprint density at radius 3 is 2.00 bits per heavy atom. The first-order valence-corrected chi connectivity index (χ1v) is 6.57. The smallest absolute Gasteiger partial charge is 0.329 e. The molecule has 1 amide bonds. The Hall–Kier alpha value is -2.24. The minimum atomic E-state index is -1.34. The third kappa shape index (κ3) is 3.09. The molecule has 1 rings (SSSR count). The lowest BCUT2D eigenvalue weighted by Crippen LogP contribution is -2.53. The van der Waals surface area contributed by atoms with Crippen molar-refractivity contribution in [1.29, 1.82) is 0 Å². The van der Waals surface area contributed by atoms with Gasteiger partial charge < -0.3 is 19.5 Å². The van der Waals surface area contributed by atoms with Crippen LogP contribution in [-0.4, -0.2) is 48.2 Å². The number of amides is 1. The number of carbonyl (C=O) groups excluding carboxylic acids is 1. The molecule has 6 nitrogen and oxygen atoms in total. The molecule has 0 spiro atoms. The predicted molar refractivity (Wildman–Crippen MR) is 78.0 cm³/mol. The second kappa shape index (κ2) is 6.47. The van der Waals surface area contributed by atoms with Gasteiger partial charge in [-0.15, -0.1) is 0 Å². The van der Waals surface area contributed by atoms with Crippen LogP contribution >= 0.6 is 0 Å². The van der Waals surface area contributed by atoms with Crippen molar-refractivity contribution in [2.75, 3.05) is 20.8 Å². The molecule has 0 aromatic heterocycles. The molecule has 6 heteroatoms. The number of benzene rings is 1. The molecule has 0 heterocycles. The summed E-state index contributed by atoms with van der Waals surface area (Å²) < 4.78 is 10.4. The summed E-state index contributed by atoms with van der Waals surface area (Å²) in [4.78, 5) is 25.5. The molecule has 0 bridgehead atoms. The molecule has 0 aliphatic rings. The van der Waals surface area contributed by atoms with E-state index in [1.54, 1.807) is 25.1 Å². The molecule has 0 radical (unpaired) electrons. The lowest BCUT2D eigenvalue weighted by atomic mass is 10.0. The van der Waals surface area contributed by atoms with Gasteiger partial charge in [-0.25, -0.2) is 4.79 Å². The number of aliphatic carboxylic acids is 1. The number of methoxy groups -OCH3 is 2. The molecule has 1 N–H and O–H groups in total. The van der Waals surface area contributed by atoms with Gasteiger partial charge in [0.25, 0.3) is 5.91 Å². The molecule has 0 atom stereocenters. The third-order valence-electron chi connectivity index (χ3n) is 3.40. The summed E-state index contributed by atoms with van der Waals surface area (Å²) in [5, 5.41) is 9.34. The van der Waals surface area contributed by atoms with Gasteiger partial charge in [0.05, 0.1) is 14.2 Å². The maximum absolute atomic E-state index is 12.8. The summed E-state index contributed by atoms with van der Waals surface area (Å²) in [6.45, 7) is 4.95. The van der Waals surface area contributed by atoms with Crippen LogP contribution in [0.5, 0.6) is 11.5 Å². The molecule has 1 aromatic carbocycles. The Kier molecular flexibility index (Phi) is 5.18. The third-order valence-corrected chi connectivity index (χ3v) is 3.40. The lowest BCUT2D eigenvalue weighted by molar-refractivity contribution is -0.147. The monoisotopic (exact) mass is 295 g/mol. The molecular weight excluding hydrogens is 274 g/mol. The van der Waals surface area contributed by atoms with Gasteiger partial charge in [-0.1, -0.05) is 6.07 Å². The Labute approximate surface area is 124 Å². The number of rotatable bonds is 6. The number of carbonyl (C=O) groups is 2. The zero-order chi connectivity index (χ0) is 16.2. The minimum Gasteiger partial charge on any atom is -0.496 e. The maximum atomic E-state index is 12.8. The molecule has 0 fully saturated rings. The van der Waals surface area contributed by atoms with E-state index in [4.69, 9.17) is 9.47 Å². The van der Waals surface area contributed by atoms with Crippen molar-refractivity contribution in [3.05, 3.63) is 23.8 Å². The Bertz CT molecular complexity index is 517. The zero-order valence-corrected chi connectivity index (χ0v) is 13.0. The Balaban J connectivity index is 3.39. The summed E-state index contributed by atoms with van der Waals surface area (Å²) >= 11 is 0. The number of carboxylic acid groups (broad SMARTS) is 1. The van der Waals surface area contributed by atoms with Crippen LogP contribution in [0.3, 0.4) is 0 Å². The second-order valence-electron chi connectivity index (χ2n) is 4.95. The first-order chi connectivity index (χ1) is 9.81. The van der Waals surface area contributed by atoms with Crippen LogP contribution in [0, 0.1) is 0 Å². The summed E-state index contributed by atoms with van der Waals surface area (Å²) in [7, 11) is 2.90. The van der Waals surface area contributed by atoms with Crippen LogP contribution in [0.4, 0.5) is 0 Å². The number of nitrogens with zero attached hydrogens (tertiary/aromatic N) is 1. The maximum Gasteiger partial charge on any atom is 0.329 e. The highest BCUT2D eigenvalue weighted by Gasteiger charge is 2.39. The molecule has 1 aromatic rings. The number of ether oxygens (including phenoxy) is 2. The first kappa shape index (κ1) is 16.8. The van der Waals surface area contributed by atoms with E-state index in [2.05, 4.69) is 0 Å². The highest BCUT2D eigenvalue weighted by Crippen LogP contribution is 2.31. The molecule has 116 valence electrons. The zero-order valence-electron chi connectivity index (χ0n) is 13.0. The molecule has 0 aliphatic heterocycles. The highest BCUT2D eigenvalue weighted by atomic mass is 16.5. The van der Waals surface area contributed by atoms with E-state index in [1.165, 1.54) is 33.0 Å². The van der Waals surface area contributed by atoms with Crippen LogP contribution in [0.15, 0.2) is 18.2 Å². The quantitative estimate of drug-likeness (QED) is 0.869. The Morgan fingerprint density at radius 1 is 1.19 bits per heavy atom. The van der Waals surface area contributed by atoms with Gasteiger partial charge in [-0.2, -0.15) is 0 Å². The number of likely N-dealkylation sites (N-methyl/N-ethyl adjacent to an activating group) is 1. The van der Waals surface area contributed by atoms with Gasteiger partial charge in [-0.05, 0) is 32.9 Å². The molecule has 0 saturated heterocycles. The van der Waals surface area contributed by atoms with E-state index < -0.39 is 17.4 Å². The SMILES string of the molecule is CCN(C(=O)c1c(OC)cccc1OC)C(C)(C)C(=O)O. The van der Waals surface area contributed by atoms with Crippen LogP contribution in [0.25, 0.3) is 0 Å². The van der Waals surface area contributed by atoms with Gasteiger partial charge in [0.1, 0.15) is 22.6 Å². The van der Waals surface area contributed by atoms with Crippen molar-refractivity contribution in [2.45, 2.75) is 26.3 Å². The molecule has 0 unspecified atom stereocenters. The van der Waals surface area contributed by atoms with E-state index in [-0.39, 0.29) is 12.1 Å². The van der Waals surface area contributed by atoms with E-state index in [1.807, 2.05) is 0 Å². The van der Waals surface area contributed by atoms with Gasteiger partial charge in [0, 0.05) is 6.54 Å². The van der Waals surface area contributed by atoms with Crippen molar-refractivity contribution in [1.82, 2.24) is 4.90 Å². The van der Waals surface area contributed by atoms with Crippen molar-refractivity contribution < 1.29 is 24.2 Å². The first-order valence-electron chi connectivity index (χ1n) is 6.57. The number of hydrogen-bond donors (Lipinski definition) is 1. The van der Waals surface area contributed by atoms with Crippen LogP contribution in [-0.2, 0) is 4.79 Å². The van der Waals surface area contributed by atoms with Crippen molar-refractivity contribution in [3.63, 3.8) is 0 Å². The van der Waals surface area contributed by atoms with Gasteiger partial charge in [0.15, 0.2) is 0 Å². The van der Waals surface area contributed by atoms with Gasteiger partial charge in [-0.3, -0.25) is 4.79 Å². The summed E-state index contributed by atoms with van der Waals surface area (Å²) in [5.41, 5.74) is -1.11. The molecule has 0 aliphatic carbocycles. The van der Waals surface area contributed by atoms with E-state index in [0.717, 1.165) is 0 Å². The average molecular weight is 295 g/mol. The normalized spacial score (nSPS) is 10.9. The van der Waals surface area contributed by atoms with E-state index in [0.29, 0.717) is 11.5 Å². The predicted octanol–water partition coefficient (Wildman–Crippen LogP) is 2.03. The molecule has 0 saturated carbocycles. The summed E-state index contributed by atoms with van der Waals surface area (Å²) in [6, 6.07) is 4.97. The van der Waals surface area contributed by atoms with Crippen LogP contribution < -0.4 is 9.47 Å². The van der Waals surface area contributed by atoms with Gasteiger partial charge >= 0.3 is 5.97 Å². The van der Waals surface area contributed by atoms with E-state index in [9.17, 15) is 14.7 Å². The molecule has 21 heavy (non-hydrogen) atoms. The fourth-order valence-corrected chi connectivity index (χ4v) is 2.11. The number of hydrogen-bond acceptors (Lipinski definition) is 4. The number of carboxylic acids is 1. The summed E-state index contributed by atoms with van der Waals surface area (Å²) in [6.07, 6.45) is 0. The highest BCUT2D eigenvalue weighted by molar-refractivity contribution is 6.02. The average Bonchev–Trinajstić information content (AvgIpc) is 2.46. The van der Waals surface area contributed by atoms with Crippen molar-refractivity contribution in [2.24, 2.45) is 0 Å². The fourth-order valence-electron chi connectivity index (χ4n) is 2.11. The standard InChI is InChI=1S/C15H21NO5/c1-6-16(15(2,3)14(18)19)13(17)12-10(20-4)8-7-9-11(12)21-5/h7-9H,6H2,1-5H3,(H,18,19). The lowest BCUT2D eigenvalue weighted by Gasteiger charge is -2.34. The minimum absolute atomic E-state index is 0.221.